The van der Waals surface area contributed by atoms with Gasteiger partial charge in [-0.2, -0.15) is 0 Å². The number of amides is 1. The first kappa shape index (κ1) is 17.5. The highest BCUT2D eigenvalue weighted by Crippen LogP contribution is 2.18. The van der Waals surface area contributed by atoms with Crippen LogP contribution in [0.2, 0.25) is 0 Å². The van der Waals surface area contributed by atoms with E-state index in [1.54, 1.807) is 6.07 Å². The van der Waals surface area contributed by atoms with Crippen LogP contribution in [-0.4, -0.2) is 25.1 Å². The van der Waals surface area contributed by atoms with Crippen molar-refractivity contribution >= 4 is 17.6 Å². The van der Waals surface area contributed by atoms with Crippen molar-refractivity contribution in [3.63, 3.8) is 0 Å². The van der Waals surface area contributed by atoms with Crippen molar-refractivity contribution in [3.8, 4) is 5.75 Å². The maximum Gasteiger partial charge on any atom is 0.344 e. The molecule has 0 aromatic heterocycles. The molecule has 6 heteroatoms. The fourth-order valence-corrected chi connectivity index (χ4v) is 2.02. The molecule has 0 saturated heterocycles. The summed E-state index contributed by atoms with van der Waals surface area (Å²) in [5.74, 6) is -0.970. The third kappa shape index (κ3) is 5.39. The smallest absolute Gasteiger partial charge is 0.344 e. The van der Waals surface area contributed by atoms with Crippen LogP contribution < -0.4 is 10.1 Å². The largest absolute Gasteiger partial charge is 0.482 e. The molecule has 2 aromatic carbocycles. The van der Waals surface area contributed by atoms with E-state index in [9.17, 15) is 14.0 Å². The minimum absolute atomic E-state index is 0.284. The highest BCUT2D eigenvalue weighted by atomic mass is 19.1. The number of anilines is 1. The molecular formula is C18H18FNO4. The lowest BCUT2D eigenvalue weighted by molar-refractivity contribution is -0.149. The summed E-state index contributed by atoms with van der Waals surface area (Å²) in [5, 5.41) is 2.49. The Bertz CT molecular complexity index is 728. The normalized spacial score (nSPS) is 10.1. The van der Waals surface area contributed by atoms with Crippen LogP contribution in [-0.2, 0) is 14.3 Å². The standard InChI is InChI=1S/C18H18FNO4/c1-12-3-8-16(13(2)9-12)23-11-18(22)24-10-17(21)20-15-6-4-14(19)5-7-15/h3-9H,10-11H2,1-2H3,(H,20,21). The van der Waals surface area contributed by atoms with E-state index >= 15 is 0 Å². The lowest BCUT2D eigenvalue weighted by atomic mass is 10.1. The van der Waals surface area contributed by atoms with Crippen LogP contribution in [0.25, 0.3) is 0 Å². The molecule has 1 amide bonds. The number of ether oxygens (including phenoxy) is 2. The van der Waals surface area contributed by atoms with Crippen molar-refractivity contribution in [1.29, 1.82) is 0 Å². The third-order valence-electron chi connectivity index (χ3n) is 3.17. The number of nitrogens with one attached hydrogen (secondary N) is 1. The number of rotatable bonds is 6. The number of benzene rings is 2. The summed E-state index contributed by atoms with van der Waals surface area (Å²) in [6.45, 7) is 3.12. The van der Waals surface area contributed by atoms with Crippen LogP contribution in [0.3, 0.4) is 0 Å². The van der Waals surface area contributed by atoms with Gasteiger partial charge in [0.1, 0.15) is 11.6 Å². The lowest BCUT2D eigenvalue weighted by Gasteiger charge is -2.10. The molecule has 0 aliphatic carbocycles. The molecule has 0 saturated carbocycles. The summed E-state index contributed by atoms with van der Waals surface area (Å²) in [6, 6.07) is 10.9. The quantitative estimate of drug-likeness (QED) is 0.827. The zero-order chi connectivity index (χ0) is 17.5. The van der Waals surface area contributed by atoms with E-state index in [0.717, 1.165) is 11.1 Å². The Kier molecular flexibility index (Phi) is 5.89. The lowest BCUT2D eigenvalue weighted by Crippen LogP contribution is -2.23. The van der Waals surface area contributed by atoms with Gasteiger partial charge >= 0.3 is 5.97 Å². The second-order valence-electron chi connectivity index (χ2n) is 5.27. The zero-order valence-electron chi connectivity index (χ0n) is 13.5. The number of hydrogen-bond acceptors (Lipinski definition) is 4. The first-order valence-corrected chi connectivity index (χ1v) is 7.35. The molecule has 0 radical (unpaired) electrons. The van der Waals surface area contributed by atoms with Crippen molar-refractivity contribution in [2.75, 3.05) is 18.5 Å². The molecule has 5 nitrogen and oxygen atoms in total. The van der Waals surface area contributed by atoms with Crippen LogP contribution >= 0.6 is 0 Å². The predicted octanol–water partition coefficient (Wildman–Crippen LogP) is 3.00. The minimum atomic E-state index is -0.649. The first-order valence-electron chi connectivity index (χ1n) is 7.35. The van der Waals surface area contributed by atoms with E-state index in [1.165, 1.54) is 24.3 Å². The van der Waals surface area contributed by atoms with Crippen LogP contribution in [0.4, 0.5) is 10.1 Å². The van der Waals surface area contributed by atoms with Gasteiger partial charge in [-0.1, -0.05) is 17.7 Å². The van der Waals surface area contributed by atoms with Gasteiger partial charge in [-0.05, 0) is 49.7 Å². The maximum absolute atomic E-state index is 12.8. The van der Waals surface area contributed by atoms with Crippen LogP contribution in [0, 0.1) is 19.7 Å². The van der Waals surface area contributed by atoms with Crippen molar-refractivity contribution < 1.29 is 23.5 Å². The van der Waals surface area contributed by atoms with Crippen LogP contribution in [0.15, 0.2) is 42.5 Å². The van der Waals surface area contributed by atoms with Crippen molar-refractivity contribution in [1.82, 2.24) is 0 Å². The molecular weight excluding hydrogens is 313 g/mol. The Balaban J connectivity index is 1.74. The maximum atomic E-state index is 12.8. The fraction of sp³-hybridized carbons (Fsp3) is 0.222. The molecule has 0 aliphatic rings. The average molecular weight is 331 g/mol. The molecule has 0 bridgehead atoms. The van der Waals surface area contributed by atoms with Gasteiger partial charge in [0.25, 0.3) is 5.91 Å². The van der Waals surface area contributed by atoms with E-state index in [1.807, 2.05) is 26.0 Å². The van der Waals surface area contributed by atoms with E-state index in [4.69, 9.17) is 9.47 Å². The number of esters is 1. The SMILES string of the molecule is Cc1ccc(OCC(=O)OCC(=O)Nc2ccc(F)cc2)c(C)c1. The highest BCUT2D eigenvalue weighted by Gasteiger charge is 2.10. The summed E-state index contributed by atoms with van der Waals surface area (Å²) >= 11 is 0. The van der Waals surface area contributed by atoms with E-state index < -0.39 is 24.3 Å². The number of halogens is 1. The number of hydrogen-bond donors (Lipinski definition) is 1. The number of carbonyl (C=O) groups is 2. The van der Waals surface area contributed by atoms with Gasteiger partial charge in [0, 0.05) is 5.69 Å². The minimum Gasteiger partial charge on any atom is -0.482 e. The Hall–Kier alpha value is -2.89. The third-order valence-corrected chi connectivity index (χ3v) is 3.17. The van der Waals surface area contributed by atoms with Gasteiger partial charge in [-0.3, -0.25) is 4.79 Å². The second-order valence-corrected chi connectivity index (χ2v) is 5.27. The molecule has 2 aromatic rings. The van der Waals surface area contributed by atoms with Crippen molar-refractivity contribution in [2.24, 2.45) is 0 Å². The number of carbonyl (C=O) groups excluding carboxylic acids is 2. The second kappa shape index (κ2) is 8.10. The van der Waals surface area contributed by atoms with Gasteiger partial charge < -0.3 is 14.8 Å². The summed E-state index contributed by atoms with van der Waals surface area (Å²) < 4.78 is 23.0. The number of aryl methyl sites for hydroxylation is 2. The Morgan fingerprint density at radius 1 is 1.04 bits per heavy atom. The topological polar surface area (TPSA) is 64.6 Å². The Labute approximate surface area is 139 Å². The van der Waals surface area contributed by atoms with Crippen molar-refractivity contribution in [3.05, 3.63) is 59.4 Å². The molecule has 0 fully saturated rings. The van der Waals surface area contributed by atoms with Crippen LogP contribution in [0.1, 0.15) is 11.1 Å². The van der Waals surface area contributed by atoms with Crippen LogP contribution in [0.5, 0.6) is 5.75 Å². The summed E-state index contributed by atoms with van der Waals surface area (Å²) in [7, 11) is 0. The summed E-state index contributed by atoms with van der Waals surface area (Å²) in [6.07, 6.45) is 0. The summed E-state index contributed by atoms with van der Waals surface area (Å²) in [5.41, 5.74) is 2.43. The zero-order valence-corrected chi connectivity index (χ0v) is 13.5. The van der Waals surface area contributed by atoms with Crippen molar-refractivity contribution in [2.45, 2.75) is 13.8 Å². The van der Waals surface area contributed by atoms with Gasteiger partial charge in [-0.25, -0.2) is 9.18 Å². The van der Waals surface area contributed by atoms with E-state index in [2.05, 4.69) is 5.32 Å². The van der Waals surface area contributed by atoms with Gasteiger partial charge in [0.2, 0.25) is 0 Å². The van der Waals surface area contributed by atoms with Gasteiger partial charge in [0.05, 0.1) is 0 Å². The molecule has 0 heterocycles. The molecule has 0 atom stereocenters. The highest BCUT2D eigenvalue weighted by molar-refractivity contribution is 5.92. The molecule has 24 heavy (non-hydrogen) atoms. The molecule has 1 N–H and O–H groups in total. The summed E-state index contributed by atoms with van der Waals surface area (Å²) in [4.78, 5) is 23.3. The molecule has 0 unspecified atom stereocenters. The molecule has 2 rings (SSSR count). The molecule has 126 valence electrons. The Morgan fingerprint density at radius 3 is 2.42 bits per heavy atom. The molecule has 0 spiro atoms. The first-order chi connectivity index (χ1) is 11.4. The molecule has 0 aliphatic heterocycles. The fourth-order valence-electron chi connectivity index (χ4n) is 2.02. The van der Waals surface area contributed by atoms with Gasteiger partial charge in [-0.15, -0.1) is 0 Å². The van der Waals surface area contributed by atoms with E-state index in [-0.39, 0.29) is 6.61 Å². The monoisotopic (exact) mass is 331 g/mol. The predicted molar refractivity (Wildman–Crippen MR) is 87.4 cm³/mol. The average Bonchev–Trinajstić information content (AvgIpc) is 2.54. The van der Waals surface area contributed by atoms with Gasteiger partial charge in [0.15, 0.2) is 13.2 Å². The Morgan fingerprint density at radius 2 is 1.75 bits per heavy atom. The van der Waals surface area contributed by atoms with E-state index in [0.29, 0.717) is 11.4 Å².